The minimum atomic E-state index is -2.88. The quantitative estimate of drug-likeness (QED) is 0.871. The molecule has 1 aromatic rings. The number of hydrogen-bond donors (Lipinski definition) is 2. The number of alkyl halides is 2. The summed E-state index contributed by atoms with van der Waals surface area (Å²) in [6, 6.07) is 5.52. The number of nitrogens with one attached hydrogen (secondary N) is 1. The lowest BCUT2D eigenvalue weighted by molar-refractivity contribution is -0.0498. The summed E-state index contributed by atoms with van der Waals surface area (Å²) in [6.45, 7) is -2.81. The zero-order valence-corrected chi connectivity index (χ0v) is 10.9. The SMILES string of the molecule is O=C(NC1CCCC1CO)c1ccc(OC(F)F)cc1. The van der Waals surface area contributed by atoms with Crippen LogP contribution in [0, 0.1) is 5.92 Å². The largest absolute Gasteiger partial charge is 0.435 e. The number of carbonyl (C=O) groups is 1. The van der Waals surface area contributed by atoms with E-state index in [0.29, 0.717) is 5.56 Å². The van der Waals surface area contributed by atoms with Crippen LogP contribution in [0.5, 0.6) is 5.75 Å². The zero-order valence-electron chi connectivity index (χ0n) is 10.9. The Morgan fingerprint density at radius 3 is 2.65 bits per heavy atom. The van der Waals surface area contributed by atoms with Gasteiger partial charge in [0.1, 0.15) is 5.75 Å². The van der Waals surface area contributed by atoms with Gasteiger partial charge in [-0.3, -0.25) is 4.79 Å². The van der Waals surface area contributed by atoms with Crippen LogP contribution in [0.4, 0.5) is 8.78 Å². The van der Waals surface area contributed by atoms with E-state index in [9.17, 15) is 18.7 Å². The second-order valence-corrected chi connectivity index (χ2v) is 4.86. The van der Waals surface area contributed by atoms with Gasteiger partial charge in [0.15, 0.2) is 0 Å². The number of aliphatic hydroxyl groups excluding tert-OH is 1. The van der Waals surface area contributed by atoms with E-state index < -0.39 is 6.61 Å². The first kappa shape index (κ1) is 14.7. The molecular weight excluding hydrogens is 268 g/mol. The zero-order chi connectivity index (χ0) is 14.5. The molecule has 1 aliphatic rings. The van der Waals surface area contributed by atoms with Gasteiger partial charge in [-0.25, -0.2) is 0 Å². The number of amides is 1. The summed E-state index contributed by atoms with van der Waals surface area (Å²) >= 11 is 0. The third-order valence-electron chi connectivity index (χ3n) is 3.55. The summed E-state index contributed by atoms with van der Waals surface area (Å²) in [4.78, 5) is 12.0. The normalized spacial score (nSPS) is 22.0. The summed E-state index contributed by atoms with van der Waals surface area (Å²) in [5, 5.41) is 12.1. The highest BCUT2D eigenvalue weighted by Crippen LogP contribution is 2.25. The van der Waals surface area contributed by atoms with Crippen molar-refractivity contribution in [3.05, 3.63) is 29.8 Å². The van der Waals surface area contributed by atoms with Gasteiger partial charge in [-0.1, -0.05) is 6.42 Å². The Kier molecular flexibility index (Phi) is 4.89. The number of aliphatic hydroxyl groups is 1. The van der Waals surface area contributed by atoms with Crippen LogP contribution < -0.4 is 10.1 Å². The molecular formula is C14H17F2NO3. The average Bonchev–Trinajstić information content (AvgIpc) is 2.86. The minimum Gasteiger partial charge on any atom is -0.435 e. The number of carbonyl (C=O) groups excluding carboxylic acids is 1. The van der Waals surface area contributed by atoms with Crippen LogP contribution in [0.2, 0.25) is 0 Å². The fourth-order valence-corrected chi connectivity index (χ4v) is 2.48. The van der Waals surface area contributed by atoms with Gasteiger partial charge < -0.3 is 15.2 Å². The van der Waals surface area contributed by atoms with E-state index in [4.69, 9.17) is 0 Å². The first-order valence-corrected chi connectivity index (χ1v) is 6.56. The molecule has 0 heterocycles. The predicted octanol–water partition coefficient (Wildman–Crippen LogP) is 2.18. The number of rotatable bonds is 5. The molecule has 1 fully saturated rings. The van der Waals surface area contributed by atoms with E-state index in [1.807, 2.05) is 0 Å². The summed E-state index contributed by atoms with van der Waals surface area (Å²) in [6.07, 6.45) is 2.74. The third-order valence-corrected chi connectivity index (χ3v) is 3.55. The molecule has 1 saturated carbocycles. The summed E-state index contributed by atoms with van der Waals surface area (Å²) in [5.41, 5.74) is 0.384. The Morgan fingerprint density at radius 1 is 1.35 bits per heavy atom. The van der Waals surface area contributed by atoms with Gasteiger partial charge in [0.25, 0.3) is 5.91 Å². The molecule has 2 unspecified atom stereocenters. The van der Waals surface area contributed by atoms with E-state index in [0.717, 1.165) is 19.3 Å². The van der Waals surface area contributed by atoms with Gasteiger partial charge in [0.05, 0.1) is 0 Å². The van der Waals surface area contributed by atoms with E-state index >= 15 is 0 Å². The average molecular weight is 285 g/mol. The molecule has 0 spiro atoms. The second kappa shape index (κ2) is 6.65. The van der Waals surface area contributed by atoms with E-state index in [1.54, 1.807) is 0 Å². The summed E-state index contributed by atoms with van der Waals surface area (Å²) in [7, 11) is 0. The number of benzene rings is 1. The molecule has 1 amide bonds. The first-order chi connectivity index (χ1) is 9.60. The molecule has 110 valence electrons. The Hall–Kier alpha value is -1.69. The molecule has 0 saturated heterocycles. The van der Waals surface area contributed by atoms with Crippen molar-refractivity contribution in [2.75, 3.05) is 6.61 Å². The molecule has 1 aromatic carbocycles. The number of halogens is 2. The highest BCUT2D eigenvalue weighted by atomic mass is 19.3. The Morgan fingerprint density at radius 2 is 2.05 bits per heavy atom. The second-order valence-electron chi connectivity index (χ2n) is 4.86. The molecule has 2 N–H and O–H groups in total. The fourth-order valence-electron chi connectivity index (χ4n) is 2.48. The topological polar surface area (TPSA) is 58.6 Å². The number of ether oxygens (including phenoxy) is 1. The van der Waals surface area contributed by atoms with Crippen molar-refractivity contribution in [2.24, 2.45) is 5.92 Å². The maximum atomic E-state index is 12.0. The van der Waals surface area contributed by atoms with Gasteiger partial charge in [-0.2, -0.15) is 8.78 Å². The highest BCUT2D eigenvalue weighted by Gasteiger charge is 2.28. The third kappa shape index (κ3) is 3.66. The monoisotopic (exact) mass is 285 g/mol. The van der Waals surface area contributed by atoms with E-state index in [1.165, 1.54) is 24.3 Å². The van der Waals surface area contributed by atoms with Crippen LogP contribution in [0.1, 0.15) is 29.6 Å². The highest BCUT2D eigenvalue weighted by molar-refractivity contribution is 5.94. The Labute approximate surface area is 115 Å². The Balaban J connectivity index is 1.95. The summed E-state index contributed by atoms with van der Waals surface area (Å²) < 4.78 is 28.2. The lowest BCUT2D eigenvalue weighted by atomic mass is 10.0. The number of hydrogen-bond acceptors (Lipinski definition) is 3. The van der Waals surface area contributed by atoms with Crippen molar-refractivity contribution in [3.63, 3.8) is 0 Å². The van der Waals surface area contributed by atoms with Crippen LogP contribution >= 0.6 is 0 Å². The molecule has 2 atom stereocenters. The molecule has 1 aliphatic carbocycles. The maximum absolute atomic E-state index is 12.0. The molecule has 0 radical (unpaired) electrons. The van der Waals surface area contributed by atoms with E-state index in [2.05, 4.69) is 10.1 Å². The smallest absolute Gasteiger partial charge is 0.387 e. The lowest BCUT2D eigenvalue weighted by Gasteiger charge is -2.19. The summed E-state index contributed by atoms with van der Waals surface area (Å²) in [5.74, 6) is -0.148. The van der Waals surface area contributed by atoms with E-state index in [-0.39, 0.29) is 30.2 Å². The molecule has 0 bridgehead atoms. The molecule has 6 heteroatoms. The van der Waals surface area contributed by atoms with Crippen LogP contribution in [-0.2, 0) is 0 Å². The van der Waals surface area contributed by atoms with Crippen molar-refractivity contribution in [2.45, 2.75) is 31.9 Å². The van der Waals surface area contributed by atoms with Crippen LogP contribution in [-0.4, -0.2) is 30.3 Å². The van der Waals surface area contributed by atoms with Crippen molar-refractivity contribution >= 4 is 5.91 Å². The predicted molar refractivity (Wildman–Crippen MR) is 68.8 cm³/mol. The van der Waals surface area contributed by atoms with Gasteiger partial charge in [0, 0.05) is 24.1 Å². The molecule has 0 aromatic heterocycles. The fraction of sp³-hybridized carbons (Fsp3) is 0.500. The maximum Gasteiger partial charge on any atom is 0.387 e. The van der Waals surface area contributed by atoms with Crippen molar-refractivity contribution in [3.8, 4) is 5.75 Å². The van der Waals surface area contributed by atoms with Gasteiger partial charge in [-0.05, 0) is 37.1 Å². The minimum absolute atomic E-state index is 0.0191. The molecule has 4 nitrogen and oxygen atoms in total. The van der Waals surface area contributed by atoms with Crippen molar-refractivity contribution < 1.29 is 23.4 Å². The molecule has 2 rings (SSSR count). The van der Waals surface area contributed by atoms with Gasteiger partial charge in [0.2, 0.25) is 0 Å². The van der Waals surface area contributed by atoms with Crippen LogP contribution in [0.15, 0.2) is 24.3 Å². The lowest BCUT2D eigenvalue weighted by Crippen LogP contribution is -2.38. The van der Waals surface area contributed by atoms with Crippen LogP contribution in [0.25, 0.3) is 0 Å². The molecule has 0 aliphatic heterocycles. The standard InChI is InChI=1S/C14H17F2NO3/c15-14(16)20-11-6-4-9(5-7-11)13(19)17-12-3-1-2-10(12)8-18/h4-7,10,12,14,18H,1-3,8H2,(H,17,19). The van der Waals surface area contributed by atoms with Crippen LogP contribution in [0.3, 0.4) is 0 Å². The van der Waals surface area contributed by atoms with Crippen molar-refractivity contribution in [1.82, 2.24) is 5.32 Å². The van der Waals surface area contributed by atoms with Gasteiger partial charge in [-0.15, -0.1) is 0 Å². The van der Waals surface area contributed by atoms with Gasteiger partial charge >= 0.3 is 6.61 Å². The first-order valence-electron chi connectivity index (χ1n) is 6.56. The molecule has 20 heavy (non-hydrogen) atoms. The Bertz CT molecular complexity index is 450. The van der Waals surface area contributed by atoms with Crippen molar-refractivity contribution in [1.29, 1.82) is 0 Å².